The van der Waals surface area contributed by atoms with Crippen molar-refractivity contribution in [2.24, 2.45) is 11.8 Å². The molecule has 2 heterocycles. The highest BCUT2D eigenvalue weighted by Gasteiger charge is 2.67. The van der Waals surface area contributed by atoms with E-state index in [1.54, 1.807) is 38.1 Å². The SMILES string of the molecule is CCN(C[C@H]1N[C@@](CC)(C(=O)OC)[C@H]2C(=O)N(C)C(=O)[C@@H]12)S(=O)(=O)c1ccc(C)cc1.O=C(O)C(F)(F)F. The number of benzene rings is 1. The summed E-state index contributed by atoms with van der Waals surface area (Å²) < 4.78 is 64.4. The van der Waals surface area contributed by atoms with Gasteiger partial charge in [-0.25, -0.2) is 13.2 Å². The van der Waals surface area contributed by atoms with Crippen molar-refractivity contribution >= 4 is 33.8 Å². The number of likely N-dealkylation sites (N-methyl/N-ethyl adjacent to an activating group) is 1. The van der Waals surface area contributed by atoms with Crippen LogP contribution in [-0.2, 0) is 33.9 Å². The molecule has 0 aliphatic carbocycles. The Morgan fingerprint density at radius 2 is 1.68 bits per heavy atom. The normalized spacial score (nSPS) is 25.2. The van der Waals surface area contributed by atoms with E-state index >= 15 is 0 Å². The minimum atomic E-state index is -5.08. The van der Waals surface area contributed by atoms with Gasteiger partial charge in [-0.05, 0) is 25.5 Å². The maximum Gasteiger partial charge on any atom is 0.490 e. The zero-order valence-electron chi connectivity index (χ0n) is 21.4. The van der Waals surface area contributed by atoms with Gasteiger partial charge >= 0.3 is 18.1 Å². The second-order valence-corrected chi connectivity index (χ2v) is 10.8. The lowest BCUT2D eigenvalue weighted by Gasteiger charge is -2.31. The first-order valence-electron chi connectivity index (χ1n) is 11.5. The number of sulfonamides is 1. The average Bonchev–Trinajstić information content (AvgIpc) is 3.31. The summed E-state index contributed by atoms with van der Waals surface area (Å²) in [7, 11) is -1.21. The van der Waals surface area contributed by atoms with E-state index < -0.39 is 63.4 Å². The smallest absolute Gasteiger partial charge is 0.475 e. The van der Waals surface area contributed by atoms with E-state index in [1.807, 2.05) is 6.92 Å². The van der Waals surface area contributed by atoms with Gasteiger partial charge in [0, 0.05) is 26.2 Å². The first-order chi connectivity index (χ1) is 17.5. The number of carbonyl (C=O) groups is 4. The molecule has 38 heavy (non-hydrogen) atoms. The number of methoxy groups -OCH3 is 1. The van der Waals surface area contributed by atoms with Crippen molar-refractivity contribution in [3.05, 3.63) is 29.8 Å². The van der Waals surface area contributed by atoms with Gasteiger partial charge in [0.15, 0.2) is 0 Å². The highest BCUT2D eigenvalue weighted by molar-refractivity contribution is 7.89. The van der Waals surface area contributed by atoms with E-state index in [1.165, 1.54) is 18.5 Å². The third kappa shape index (κ3) is 5.68. The number of aliphatic carboxylic acids is 1. The molecule has 0 bridgehead atoms. The maximum atomic E-state index is 13.2. The summed E-state index contributed by atoms with van der Waals surface area (Å²) in [6.45, 7) is 5.42. The predicted molar refractivity (Wildman–Crippen MR) is 126 cm³/mol. The largest absolute Gasteiger partial charge is 0.490 e. The van der Waals surface area contributed by atoms with Crippen molar-refractivity contribution in [1.29, 1.82) is 0 Å². The Balaban J connectivity index is 0.000000638. The molecule has 2 aliphatic heterocycles. The fourth-order valence-corrected chi connectivity index (χ4v) is 6.21. The average molecular weight is 566 g/mol. The fourth-order valence-electron chi connectivity index (χ4n) is 4.74. The van der Waals surface area contributed by atoms with E-state index in [0.29, 0.717) is 0 Å². The molecule has 0 saturated carbocycles. The van der Waals surface area contributed by atoms with Crippen LogP contribution in [0.1, 0.15) is 25.8 Å². The molecule has 4 atom stereocenters. The number of imide groups is 1. The number of aryl methyl sites for hydroxylation is 1. The molecule has 0 radical (unpaired) electrons. The number of alkyl halides is 3. The molecule has 11 nitrogen and oxygen atoms in total. The van der Waals surface area contributed by atoms with Crippen LogP contribution in [0, 0.1) is 18.8 Å². The summed E-state index contributed by atoms with van der Waals surface area (Å²) in [4.78, 5) is 48.6. The van der Waals surface area contributed by atoms with Gasteiger partial charge in [0.25, 0.3) is 0 Å². The Morgan fingerprint density at radius 3 is 2.11 bits per heavy atom. The zero-order valence-corrected chi connectivity index (χ0v) is 22.2. The molecule has 2 fully saturated rings. The standard InChI is InChI=1S/C21H29N3O6S.C2HF3O2/c1-6-21(20(27)30-5)17-16(18(25)23(4)19(17)26)15(22-21)12-24(7-2)31(28,29)14-10-8-13(3)9-11-14;3-2(4,5)1(6)7/h8-11,15-17,22H,6-7,12H2,1-5H3;(H,6,7)/t15-,16+,17-,21-;/m1./s1. The number of ether oxygens (including phenoxy) is 1. The fraction of sp³-hybridized carbons (Fsp3) is 0.565. The molecule has 1 aromatic rings. The number of hydrogen-bond acceptors (Lipinski definition) is 8. The molecule has 2 amide bonds. The molecule has 1 aromatic carbocycles. The van der Waals surface area contributed by atoms with Gasteiger partial charge in [-0.15, -0.1) is 0 Å². The van der Waals surface area contributed by atoms with Gasteiger partial charge in [0.1, 0.15) is 5.54 Å². The van der Waals surface area contributed by atoms with E-state index in [-0.39, 0.29) is 24.4 Å². The molecular weight excluding hydrogens is 535 g/mol. The lowest BCUT2D eigenvalue weighted by molar-refractivity contribution is -0.192. The van der Waals surface area contributed by atoms with Gasteiger partial charge < -0.3 is 9.84 Å². The Morgan fingerprint density at radius 1 is 1.16 bits per heavy atom. The lowest BCUT2D eigenvalue weighted by atomic mass is 9.78. The predicted octanol–water partition coefficient (Wildman–Crippen LogP) is 1.16. The molecule has 2 saturated heterocycles. The minimum absolute atomic E-state index is 0.0561. The van der Waals surface area contributed by atoms with Crippen LogP contribution >= 0.6 is 0 Å². The Bertz CT molecular complexity index is 1190. The van der Waals surface area contributed by atoms with Crippen LogP contribution in [0.2, 0.25) is 0 Å². The second kappa shape index (κ2) is 11.4. The maximum absolute atomic E-state index is 13.2. The van der Waals surface area contributed by atoms with Crippen LogP contribution in [-0.4, -0.2) is 91.5 Å². The monoisotopic (exact) mass is 565 g/mol. The summed E-state index contributed by atoms with van der Waals surface area (Å²) in [5.41, 5.74) is -0.444. The van der Waals surface area contributed by atoms with Gasteiger partial charge in [-0.1, -0.05) is 31.5 Å². The quantitative estimate of drug-likeness (QED) is 0.367. The van der Waals surface area contributed by atoms with Crippen molar-refractivity contribution in [1.82, 2.24) is 14.5 Å². The van der Waals surface area contributed by atoms with Crippen molar-refractivity contribution in [2.75, 3.05) is 27.2 Å². The number of rotatable bonds is 7. The number of nitrogens with zero attached hydrogens (tertiary/aromatic N) is 2. The van der Waals surface area contributed by atoms with E-state index in [2.05, 4.69) is 5.32 Å². The van der Waals surface area contributed by atoms with Gasteiger partial charge in [0.05, 0.1) is 23.8 Å². The van der Waals surface area contributed by atoms with Crippen molar-refractivity contribution in [3.63, 3.8) is 0 Å². The number of fused-ring (bicyclic) bond motifs is 1. The Kier molecular flexibility index (Phi) is 9.33. The number of amides is 2. The molecule has 0 spiro atoms. The van der Waals surface area contributed by atoms with Crippen LogP contribution in [0.15, 0.2) is 29.2 Å². The molecule has 15 heteroatoms. The Labute approximate surface area is 218 Å². The minimum Gasteiger partial charge on any atom is -0.475 e. The highest BCUT2D eigenvalue weighted by Crippen LogP contribution is 2.45. The number of hydrogen-bond donors (Lipinski definition) is 2. The van der Waals surface area contributed by atoms with Gasteiger partial charge in [-0.2, -0.15) is 17.5 Å². The van der Waals surface area contributed by atoms with E-state index in [0.717, 1.165) is 10.5 Å². The Hall–Kier alpha value is -3.04. The topological polar surface area (TPSA) is 150 Å². The van der Waals surface area contributed by atoms with Crippen LogP contribution in [0.25, 0.3) is 0 Å². The molecule has 2 aliphatic rings. The first-order valence-corrected chi connectivity index (χ1v) is 13.0. The molecule has 0 aromatic heterocycles. The van der Waals surface area contributed by atoms with E-state index in [9.17, 15) is 36.0 Å². The first kappa shape index (κ1) is 31.2. The second-order valence-electron chi connectivity index (χ2n) is 8.88. The number of nitrogens with one attached hydrogen (secondary N) is 1. The van der Waals surface area contributed by atoms with Crippen molar-refractivity contribution in [3.8, 4) is 0 Å². The number of carboxylic acid groups (broad SMARTS) is 1. The van der Waals surface area contributed by atoms with Crippen LogP contribution < -0.4 is 5.32 Å². The van der Waals surface area contributed by atoms with Crippen molar-refractivity contribution < 1.29 is 50.6 Å². The summed E-state index contributed by atoms with van der Waals surface area (Å²) in [6.07, 6.45) is -4.86. The van der Waals surface area contributed by atoms with Gasteiger partial charge in [0.2, 0.25) is 21.8 Å². The van der Waals surface area contributed by atoms with E-state index in [4.69, 9.17) is 14.6 Å². The summed E-state index contributed by atoms with van der Waals surface area (Å²) in [6, 6.07) is 5.81. The number of carbonyl (C=O) groups excluding carboxylic acids is 3. The van der Waals surface area contributed by atoms with Crippen LogP contribution in [0.3, 0.4) is 0 Å². The van der Waals surface area contributed by atoms with Crippen molar-refractivity contribution in [2.45, 2.75) is 49.8 Å². The molecule has 2 N–H and O–H groups in total. The summed E-state index contributed by atoms with van der Waals surface area (Å²) in [5, 5.41) is 10.3. The van der Waals surface area contributed by atoms with Crippen LogP contribution in [0.5, 0.6) is 0 Å². The summed E-state index contributed by atoms with van der Waals surface area (Å²) in [5.74, 6) is -6.05. The lowest BCUT2D eigenvalue weighted by Crippen LogP contribution is -2.58. The molecular formula is C23H30F3N3O8S. The highest BCUT2D eigenvalue weighted by atomic mass is 32.2. The number of esters is 1. The summed E-state index contributed by atoms with van der Waals surface area (Å²) >= 11 is 0. The third-order valence-corrected chi connectivity index (χ3v) is 8.70. The van der Waals surface area contributed by atoms with Crippen LogP contribution in [0.4, 0.5) is 13.2 Å². The number of carboxylic acids is 1. The third-order valence-electron chi connectivity index (χ3n) is 6.74. The number of halogens is 3. The number of likely N-dealkylation sites (tertiary alicyclic amines) is 1. The zero-order chi connectivity index (χ0) is 29.2. The van der Waals surface area contributed by atoms with Gasteiger partial charge in [-0.3, -0.25) is 24.6 Å². The molecule has 3 rings (SSSR count). The molecule has 0 unspecified atom stereocenters. The molecule has 212 valence electrons.